The molecule has 1 aliphatic rings. The van der Waals surface area contributed by atoms with Crippen molar-refractivity contribution in [2.45, 2.75) is 93.0 Å². The molecule has 43 heavy (non-hydrogen) atoms. The average Bonchev–Trinajstić information content (AvgIpc) is 3.38. The Hall–Kier alpha value is -3.24. The lowest BCUT2D eigenvalue weighted by molar-refractivity contribution is 0.213. The number of benzene rings is 1. The Balaban J connectivity index is 2.27. The summed E-state index contributed by atoms with van der Waals surface area (Å²) in [7, 11) is 3.65. The third kappa shape index (κ3) is 7.47. The molecular formula is C36H47F2N3OS. The van der Waals surface area contributed by atoms with Gasteiger partial charge in [-0.05, 0) is 73.8 Å². The van der Waals surface area contributed by atoms with E-state index in [1.165, 1.54) is 23.5 Å². The van der Waals surface area contributed by atoms with Gasteiger partial charge >= 0.3 is 0 Å². The van der Waals surface area contributed by atoms with Gasteiger partial charge in [0.05, 0.1) is 23.1 Å². The van der Waals surface area contributed by atoms with Crippen LogP contribution in [-0.2, 0) is 4.74 Å². The Morgan fingerprint density at radius 2 is 1.81 bits per heavy atom. The van der Waals surface area contributed by atoms with Crippen LogP contribution in [0.15, 0.2) is 58.3 Å². The van der Waals surface area contributed by atoms with Gasteiger partial charge in [0.2, 0.25) is 5.88 Å². The molecule has 1 aliphatic carbocycles. The van der Waals surface area contributed by atoms with Crippen molar-refractivity contribution < 1.29 is 13.5 Å². The molecule has 0 saturated heterocycles. The van der Waals surface area contributed by atoms with E-state index in [0.717, 1.165) is 36.3 Å². The lowest BCUT2D eigenvalue weighted by Crippen LogP contribution is -2.36. The summed E-state index contributed by atoms with van der Waals surface area (Å²) >= 11 is 1.27. The molecule has 2 atom stereocenters. The summed E-state index contributed by atoms with van der Waals surface area (Å²) in [6, 6.07) is 5.48. The Bertz CT molecular complexity index is 1520. The molecule has 1 aromatic heterocycles. The Morgan fingerprint density at radius 3 is 2.37 bits per heavy atom. The number of halogens is 2. The van der Waals surface area contributed by atoms with Crippen LogP contribution in [-0.4, -0.2) is 30.8 Å². The number of fused-ring (bicyclic) bond motifs is 1. The fourth-order valence-corrected chi connectivity index (χ4v) is 6.81. The van der Waals surface area contributed by atoms with Crippen molar-refractivity contribution in [3.63, 3.8) is 0 Å². The average molecular weight is 608 g/mol. The van der Waals surface area contributed by atoms with Crippen molar-refractivity contribution in [2.75, 3.05) is 14.2 Å². The number of allylic oxidation sites excluding steroid dienone is 7. The van der Waals surface area contributed by atoms with E-state index in [-0.39, 0.29) is 17.5 Å². The maximum atomic E-state index is 16.3. The zero-order valence-electron chi connectivity index (χ0n) is 27.4. The molecule has 0 aliphatic heterocycles. The highest BCUT2D eigenvalue weighted by molar-refractivity contribution is 7.19. The van der Waals surface area contributed by atoms with Gasteiger partial charge in [0.1, 0.15) is 17.7 Å². The minimum atomic E-state index is -0.449. The molecule has 232 valence electrons. The molecule has 0 saturated carbocycles. The van der Waals surface area contributed by atoms with E-state index in [4.69, 9.17) is 9.73 Å². The number of hydrogen-bond acceptors (Lipinski definition) is 5. The molecule has 2 aromatic rings. The molecule has 0 spiro atoms. The molecule has 7 heteroatoms. The van der Waals surface area contributed by atoms with Crippen molar-refractivity contribution in [2.24, 2.45) is 16.8 Å². The summed E-state index contributed by atoms with van der Waals surface area (Å²) in [5.74, 6) is 0.643. The first-order chi connectivity index (χ1) is 20.4. The van der Waals surface area contributed by atoms with Crippen LogP contribution in [0.4, 0.5) is 8.78 Å². The first kappa shape index (κ1) is 34.3. The maximum Gasteiger partial charge on any atom is 0.209 e. The number of methoxy groups -OCH3 is 1. The molecule has 1 aromatic carbocycles. The lowest BCUT2D eigenvalue weighted by Gasteiger charge is -2.36. The number of hydrogen-bond donors (Lipinski definition) is 0. The van der Waals surface area contributed by atoms with Gasteiger partial charge in [-0.3, -0.25) is 0 Å². The summed E-state index contributed by atoms with van der Waals surface area (Å²) in [5.41, 5.74) is 3.30. The molecule has 0 fully saturated rings. The van der Waals surface area contributed by atoms with E-state index < -0.39 is 11.6 Å². The van der Waals surface area contributed by atoms with Crippen LogP contribution in [0.2, 0.25) is 0 Å². The largest absolute Gasteiger partial charge is 0.481 e. The second-order valence-corrected chi connectivity index (χ2v) is 13.2. The third-order valence-electron chi connectivity index (χ3n) is 8.49. The van der Waals surface area contributed by atoms with Gasteiger partial charge in [0, 0.05) is 40.2 Å². The van der Waals surface area contributed by atoms with E-state index in [9.17, 15) is 5.26 Å². The van der Waals surface area contributed by atoms with Crippen molar-refractivity contribution in [1.29, 1.82) is 5.26 Å². The first-order valence-electron chi connectivity index (χ1n) is 15.4. The number of nitriles is 1. The van der Waals surface area contributed by atoms with Crippen molar-refractivity contribution in [1.82, 2.24) is 4.90 Å². The predicted octanol–water partition coefficient (Wildman–Crippen LogP) is 10.7. The van der Waals surface area contributed by atoms with Gasteiger partial charge < -0.3 is 9.64 Å². The first-order valence-corrected chi connectivity index (χ1v) is 16.2. The zero-order valence-corrected chi connectivity index (χ0v) is 28.3. The normalized spacial score (nSPS) is 17.7. The molecule has 0 N–H and O–H groups in total. The molecule has 2 unspecified atom stereocenters. The van der Waals surface area contributed by atoms with Gasteiger partial charge in [-0.15, -0.1) is 11.3 Å². The summed E-state index contributed by atoms with van der Waals surface area (Å²) in [6.07, 6.45) is 9.15. The number of rotatable bonds is 12. The van der Waals surface area contributed by atoms with E-state index in [0.29, 0.717) is 50.2 Å². The van der Waals surface area contributed by atoms with Crippen LogP contribution >= 0.6 is 11.3 Å². The zero-order chi connectivity index (χ0) is 32.0. The number of nitrogens with zero attached hydrogens (tertiary/aromatic N) is 3. The van der Waals surface area contributed by atoms with Gasteiger partial charge in [-0.1, -0.05) is 61.0 Å². The second-order valence-electron chi connectivity index (χ2n) is 12.1. The highest BCUT2D eigenvalue weighted by Crippen LogP contribution is 2.43. The fourth-order valence-electron chi connectivity index (χ4n) is 5.62. The van der Waals surface area contributed by atoms with E-state index in [1.54, 1.807) is 19.3 Å². The number of ether oxygens (including phenoxy) is 1. The smallest absolute Gasteiger partial charge is 0.209 e. The summed E-state index contributed by atoms with van der Waals surface area (Å²) in [5, 5.41) is 10.6. The molecule has 0 radical (unpaired) electrons. The van der Waals surface area contributed by atoms with Crippen LogP contribution in [0.25, 0.3) is 15.7 Å². The summed E-state index contributed by atoms with van der Waals surface area (Å²) < 4.78 is 37.3. The molecule has 1 heterocycles. The van der Waals surface area contributed by atoms with E-state index in [2.05, 4.69) is 45.7 Å². The highest BCUT2D eigenvalue weighted by atomic mass is 32.1. The third-order valence-corrected chi connectivity index (χ3v) is 9.99. The highest BCUT2D eigenvalue weighted by Gasteiger charge is 2.28. The minimum absolute atomic E-state index is 0.0301. The van der Waals surface area contributed by atoms with Crippen LogP contribution in [0.5, 0.6) is 0 Å². The topological polar surface area (TPSA) is 48.6 Å². The Labute approximate surface area is 261 Å². The fraction of sp³-hybridized carbons (Fsp3) is 0.500. The molecule has 4 nitrogen and oxygen atoms in total. The number of aliphatic imine (C=N–C) groups is 1. The van der Waals surface area contributed by atoms with Gasteiger partial charge in [-0.2, -0.15) is 5.26 Å². The van der Waals surface area contributed by atoms with Crippen LogP contribution in [0.1, 0.15) is 103 Å². The standard InChI is InChI=1S/C36H47F2N3OS/c1-11-13-33(42-10)40-31-19-27(25-15-16-29(37)36-34(25)28(20-39)35(43-36)22(5)6)30(38)18-26(31)24(8)41(9)32(21(3)4)17-14-23(7)12-2/h13,15-16,18-19,21-23,32H,11-12,14,17H2,1-10H3/b26-24+,33-13-,40-31-. The number of thiophene rings is 1. The van der Waals surface area contributed by atoms with E-state index in [1.807, 2.05) is 33.8 Å². The monoisotopic (exact) mass is 607 g/mol. The lowest BCUT2D eigenvalue weighted by atomic mass is 9.89. The quantitative estimate of drug-likeness (QED) is 0.226. The summed E-state index contributed by atoms with van der Waals surface area (Å²) in [4.78, 5) is 7.90. The molecule has 0 bridgehead atoms. The van der Waals surface area contributed by atoms with Gasteiger partial charge in [-0.25, -0.2) is 13.8 Å². The van der Waals surface area contributed by atoms with Crippen LogP contribution in [0, 0.1) is 29.0 Å². The SMILES string of the molecule is CC/C=C(/N=C1/C=C(c2ccc(F)c3sc(C(C)C)c(C#N)c23)C(F)=C/C1=C(/C)N(C)C(CCC(C)CC)C(C)C)OC. The van der Waals surface area contributed by atoms with Crippen molar-refractivity contribution in [3.05, 3.63) is 75.2 Å². The van der Waals surface area contributed by atoms with Gasteiger partial charge in [0.25, 0.3) is 0 Å². The minimum Gasteiger partial charge on any atom is -0.481 e. The van der Waals surface area contributed by atoms with Crippen LogP contribution < -0.4 is 0 Å². The van der Waals surface area contributed by atoms with Crippen LogP contribution in [0.3, 0.4) is 0 Å². The predicted molar refractivity (Wildman–Crippen MR) is 178 cm³/mol. The summed E-state index contributed by atoms with van der Waals surface area (Å²) in [6.45, 7) is 16.9. The Kier molecular flexibility index (Phi) is 11.9. The van der Waals surface area contributed by atoms with E-state index >= 15 is 8.78 Å². The second kappa shape index (κ2) is 15.0. The van der Waals surface area contributed by atoms with Gasteiger partial charge in [0.15, 0.2) is 0 Å². The molecule has 0 amide bonds. The maximum absolute atomic E-state index is 16.3. The Morgan fingerprint density at radius 1 is 1.12 bits per heavy atom. The molecule has 3 rings (SSSR count). The van der Waals surface area contributed by atoms with Crippen molar-refractivity contribution >= 4 is 32.7 Å². The van der Waals surface area contributed by atoms with Crippen molar-refractivity contribution in [3.8, 4) is 6.07 Å². The molecular weight excluding hydrogens is 560 g/mol.